The van der Waals surface area contributed by atoms with Gasteiger partial charge in [0.2, 0.25) is 0 Å². The summed E-state index contributed by atoms with van der Waals surface area (Å²) in [5, 5.41) is 0.350. The van der Waals surface area contributed by atoms with Crippen molar-refractivity contribution in [2.24, 2.45) is 0 Å². The molecule has 1 nitrogen and oxygen atoms in total. The van der Waals surface area contributed by atoms with Gasteiger partial charge in [-0.15, -0.1) is 5.54 Å². The molecule has 0 unspecified atom stereocenters. The van der Waals surface area contributed by atoms with Crippen molar-refractivity contribution in [3.63, 3.8) is 0 Å². The highest BCUT2D eigenvalue weighted by Gasteiger charge is 2.33. The zero-order valence-corrected chi connectivity index (χ0v) is 29.0. The fourth-order valence-corrected chi connectivity index (χ4v) is 5.25. The lowest BCUT2D eigenvalue weighted by atomic mass is 10.0. The minimum Gasteiger partial charge on any atom is -0.289 e. The van der Waals surface area contributed by atoms with Crippen LogP contribution in [0.25, 0.3) is 0 Å². The van der Waals surface area contributed by atoms with Gasteiger partial charge in [-0.1, -0.05) is 140 Å². The van der Waals surface area contributed by atoms with Gasteiger partial charge in [-0.2, -0.15) is 0 Å². The summed E-state index contributed by atoms with van der Waals surface area (Å²) in [6.07, 6.45) is 43.0. The number of carbonyl (C=O) groups is 1. The minimum absolute atomic E-state index is 0.350. The smallest absolute Gasteiger partial charge is 0.192 e. The zero-order chi connectivity index (χ0) is 30.3. The summed E-state index contributed by atoms with van der Waals surface area (Å²) in [6.45, 7) is 11.7. The standard InChI is InChI=1S/C39H66OSi/c1-39(2,3)41(4,5)38-36-34-32-30-28-26-24-22-20-18-16-14-12-10-8-6-7-9-11-13-15-17-19-21-23-25-27-29-31-33-35-37-40/h9,11,21,23,32,34,37H,6-8,10,12-20,22,24-31H2,1-5H3/b11-9-,23-21-,34-32-. The lowest BCUT2D eigenvalue weighted by Gasteiger charge is -2.31. The molecule has 0 N–H and O–H groups in total. The van der Waals surface area contributed by atoms with Crippen LogP contribution in [0.5, 0.6) is 0 Å². The first-order valence-corrected chi connectivity index (χ1v) is 20.2. The molecular formula is C39H66OSi. The van der Waals surface area contributed by atoms with E-state index in [4.69, 9.17) is 0 Å². The summed E-state index contributed by atoms with van der Waals surface area (Å²) in [5.41, 5.74) is 3.56. The van der Waals surface area contributed by atoms with Gasteiger partial charge in [0.05, 0.1) is 0 Å². The molecule has 0 saturated heterocycles. The summed E-state index contributed by atoms with van der Waals surface area (Å²) in [6, 6.07) is 0. The van der Waals surface area contributed by atoms with Gasteiger partial charge in [-0.25, -0.2) is 0 Å². The average molecular weight is 579 g/mol. The second-order valence-electron chi connectivity index (χ2n) is 13.3. The van der Waals surface area contributed by atoms with Crippen molar-refractivity contribution in [2.45, 2.75) is 180 Å². The van der Waals surface area contributed by atoms with Gasteiger partial charge in [0, 0.05) is 6.42 Å². The molecule has 0 rings (SSSR count). The topological polar surface area (TPSA) is 17.1 Å². The van der Waals surface area contributed by atoms with Crippen LogP contribution in [0.15, 0.2) is 36.5 Å². The summed E-state index contributed by atoms with van der Waals surface area (Å²) >= 11 is 0. The number of unbranched alkanes of at least 4 members (excludes halogenated alkanes) is 19. The Balaban J connectivity index is 3.34. The molecule has 0 saturated carbocycles. The van der Waals surface area contributed by atoms with E-state index in [1.54, 1.807) is 0 Å². The van der Waals surface area contributed by atoms with E-state index >= 15 is 0 Å². The fraction of sp³-hybridized carbons (Fsp3) is 0.718. The molecule has 0 radical (unpaired) electrons. The van der Waals surface area contributed by atoms with Crippen molar-refractivity contribution >= 4 is 14.4 Å². The first kappa shape index (κ1) is 39.2. The van der Waals surface area contributed by atoms with Crippen LogP contribution in [0, 0.1) is 23.3 Å². The number of rotatable bonds is 24. The van der Waals surface area contributed by atoms with Gasteiger partial charge < -0.3 is 0 Å². The predicted molar refractivity (Wildman–Crippen MR) is 188 cm³/mol. The van der Waals surface area contributed by atoms with Crippen LogP contribution in [0.1, 0.15) is 162 Å². The van der Waals surface area contributed by atoms with Gasteiger partial charge in [0.25, 0.3) is 0 Å². The molecule has 0 aliphatic carbocycles. The molecular weight excluding hydrogens is 513 g/mol. The molecule has 0 aromatic carbocycles. The van der Waals surface area contributed by atoms with Gasteiger partial charge >= 0.3 is 0 Å². The van der Waals surface area contributed by atoms with Crippen LogP contribution in [-0.2, 0) is 4.79 Å². The first-order valence-electron chi connectivity index (χ1n) is 17.2. The predicted octanol–water partition coefficient (Wildman–Crippen LogP) is 12.5. The summed E-state index contributed by atoms with van der Waals surface area (Å²) in [7, 11) is -1.45. The lowest BCUT2D eigenvalue weighted by molar-refractivity contribution is -0.103. The third-order valence-corrected chi connectivity index (χ3v) is 12.9. The Morgan fingerprint density at radius 3 is 1.29 bits per heavy atom. The second kappa shape index (κ2) is 28.4. The number of carbonyl (C=O) groups excluding carboxylic acids is 1. The van der Waals surface area contributed by atoms with Crippen LogP contribution < -0.4 is 0 Å². The Kier molecular flexibility index (Phi) is 27.1. The monoisotopic (exact) mass is 578 g/mol. The summed E-state index contributed by atoms with van der Waals surface area (Å²) in [5.74, 6) is 8.65. The number of allylic oxidation sites excluding steroid dienone is 6. The van der Waals surface area contributed by atoms with E-state index in [1.165, 1.54) is 122 Å². The van der Waals surface area contributed by atoms with Crippen molar-refractivity contribution in [1.29, 1.82) is 0 Å². The summed E-state index contributed by atoms with van der Waals surface area (Å²) < 4.78 is 0. The number of aldehydes is 1. The lowest BCUT2D eigenvalue weighted by Crippen LogP contribution is -2.35. The SMILES string of the molecule is CC(C)(C)[Si](C)(C)C#C/C=C\CCCCCCCCCCCCCC/C=C\CCCC/C=C\CCCCC#CC=O. The molecule has 0 aromatic rings. The van der Waals surface area contributed by atoms with E-state index in [-0.39, 0.29) is 0 Å². The van der Waals surface area contributed by atoms with Crippen LogP contribution in [0.2, 0.25) is 18.1 Å². The fourth-order valence-electron chi connectivity index (χ4n) is 4.43. The van der Waals surface area contributed by atoms with Crippen molar-refractivity contribution in [3.05, 3.63) is 36.5 Å². The maximum absolute atomic E-state index is 10.1. The molecule has 41 heavy (non-hydrogen) atoms. The Morgan fingerprint density at radius 2 is 0.878 bits per heavy atom. The maximum Gasteiger partial charge on any atom is 0.192 e. The number of hydrogen-bond acceptors (Lipinski definition) is 1. The highest BCUT2D eigenvalue weighted by atomic mass is 28.3. The molecule has 0 spiro atoms. The third-order valence-electron chi connectivity index (χ3n) is 8.36. The van der Waals surface area contributed by atoms with Crippen molar-refractivity contribution < 1.29 is 4.79 Å². The highest BCUT2D eigenvalue weighted by Crippen LogP contribution is 2.35. The summed E-state index contributed by atoms with van der Waals surface area (Å²) in [4.78, 5) is 10.1. The van der Waals surface area contributed by atoms with Crippen molar-refractivity contribution in [2.75, 3.05) is 0 Å². The van der Waals surface area contributed by atoms with E-state index in [2.05, 4.69) is 93.6 Å². The molecule has 0 aliphatic heterocycles. The molecule has 0 atom stereocenters. The molecule has 232 valence electrons. The Bertz CT molecular complexity index is 816. The first-order chi connectivity index (χ1) is 19.8. The van der Waals surface area contributed by atoms with E-state index < -0.39 is 8.07 Å². The normalized spacial score (nSPS) is 12.1. The van der Waals surface area contributed by atoms with E-state index in [9.17, 15) is 4.79 Å². The van der Waals surface area contributed by atoms with E-state index in [0.29, 0.717) is 11.3 Å². The number of hydrogen-bond donors (Lipinski definition) is 0. The second-order valence-corrected chi connectivity index (χ2v) is 18.3. The van der Waals surface area contributed by atoms with E-state index in [1.807, 2.05) is 0 Å². The molecule has 0 bridgehead atoms. The Morgan fingerprint density at radius 1 is 0.512 bits per heavy atom. The van der Waals surface area contributed by atoms with Crippen LogP contribution in [0.3, 0.4) is 0 Å². The quantitative estimate of drug-likeness (QED) is 0.0366. The van der Waals surface area contributed by atoms with Crippen LogP contribution in [0.4, 0.5) is 0 Å². The third kappa shape index (κ3) is 28.1. The largest absolute Gasteiger partial charge is 0.289 e. The molecule has 0 amide bonds. The molecule has 0 fully saturated rings. The van der Waals surface area contributed by atoms with Gasteiger partial charge in [-0.3, -0.25) is 4.79 Å². The molecule has 2 heteroatoms. The molecule has 0 aliphatic rings. The van der Waals surface area contributed by atoms with E-state index in [0.717, 1.165) is 19.3 Å². The molecule has 0 heterocycles. The maximum atomic E-state index is 10.1. The molecule has 0 aromatic heterocycles. The van der Waals surface area contributed by atoms with Gasteiger partial charge in [-0.05, 0) is 87.7 Å². The van der Waals surface area contributed by atoms with Crippen molar-refractivity contribution in [1.82, 2.24) is 0 Å². The van der Waals surface area contributed by atoms with Crippen LogP contribution in [-0.4, -0.2) is 14.4 Å². The highest BCUT2D eigenvalue weighted by molar-refractivity contribution is 6.87. The van der Waals surface area contributed by atoms with Crippen LogP contribution >= 0.6 is 0 Å². The Hall–Kier alpha value is -1.77. The Labute approximate surface area is 258 Å². The van der Waals surface area contributed by atoms with Crippen molar-refractivity contribution in [3.8, 4) is 23.3 Å². The minimum atomic E-state index is -1.45. The average Bonchev–Trinajstić information content (AvgIpc) is 2.93. The van der Waals surface area contributed by atoms with Gasteiger partial charge in [0.15, 0.2) is 6.29 Å². The zero-order valence-electron chi connectivity index (χ0n) is 28.0. The van der Waals surface area contributed by atoms with Gasteiger partial charge in [0.1, 0.15) is 8.07 Å².